The maximum Gasteiger partial charge on any atom is 0.140 e. The topological polar surface area (TPSA) is 41.0 Å². The van der Waals surface area contributed by atoms with Crippen molar-refractivity contribution >= 4 is 27.4 Å². The molecule has 0 bridgehead atoms. The molecule has 2 heterocycles. The van der Waals surface area contributed by atoms with Gasteiger partial charge in [-0.05, 0) is 19.4 Å². The highest BCUT2D eigenvalue weighted by Crippen LogP contribution is 2.30. The highest BCUT2D eigenvalue weighted by molar-refractivity contribution is 7.18. The summed E-state index contributed by atoms with van der Waals surface area (Å²) < 4.78 is 0. The van der Waals surface area contributed by atoms with Gasteiger partial charge in [-0.2, -0.15) is 0 Å². The van der Waals surface area contributed by atoms with E-state index in [0.29, 0.717) is 6.04 Å². The fourth-order valence-corrected chi connectivity index (χ4v) is 3.15. The molecule has 0 spiro atoms. The van der Waals surface area contributed by atoms with Gasteiger partial charge in [0.15, 0.2) is 0 Å². The van der Waals surface area contributed by atoms with Crippen molar-refractivity contribution in [3.05, 3.63) is 17.3 Å². The van der Waals surface area contributed by atoms with Crippen LogP contribution in [0.1, 0.15) is 32.6 Å². The van der Waals surface area contributed by atoms with Crippen LogP contribution in [0.2, 0.25) is 0 Å². The molecule has 0 amide bonds. The number of likely N-dealkylation sites (N-methyl/N-ethyl adjacent to an activating group) is 1. The van der Waals surface area contributed by atoms with Crippen molar-refractivity contribution in [2.75, 3.05) is 24.5 Å². The largest absolute Gasteiger partial charge is 0.355 e. The van der Waals surface area contributed by atoms with E-state index in [1.807, 2.05) is 0 Å². The van der Waals surface area contributed by atoms with Gasteiger partial charge in [-0.15, -0.1) is 11.3 Å². The first-order valence-electron chi connectivity index (χ1n) is 7.37. The van der Waals surface area contributed by atoms with Gasteiger partial charge in [-0.25, -0.2) is 9.97 Å². The number of anilines is 1. The van der Waals surface area contributed by atoms with Gasteiger partial charge in [-0.3, -0.25) is 0 Å². The normalized spacial score (nSPS) is 11.4. The monoisotopic (exact) mass is 292 g/mol. The van der Waals surface area contributed by atoms with E-state index >= 15 is 0 Å². The fourth-order valence-electron chi connectivity index (χ4n) is 2.22. The minimum absolute atomic E-state index is 0.520. The third-order valence-electron chi connectivity index (χ3n) is 3.32. The van der Waals surface area contributed by atoms with Crippen molar-refractivity contribution < 1.29 is 0 Å². The van der Waals surface area contributed by atoms with E-state index in [9.17, 15) is 0 Å². The highest BCUT2D eigenvalue weighted by atomic mass is 32.1. The van der Waals surface area contributed by atoms with Gasteiger partial charge < -0.3 is 10.2 Å². The average molecular weight is 292 g/mol. The molecule has 5 heteroatoms. The van der Waals surface area contributed by atoms with Gasteiger partial charge in [0.25, 0.3) is 0 Å². The van der Waals surface area contributed by atoms with Crippen LogP contribution in [0.3, 0.4) is 0 Å². The first-order valence-corrected chi connectivity index (χ1v) is 8.19. The molecule has 4 nitrogen and oxygen atoms in total. The number of nitrogens with one attached hydrogen (secondary N) is 1. The van der Waals surface area contributed by atoms with Crippen LogP contribution in [0.4, 0.5) is 5.82 Å². The van der Waals surface area contributed by atoms with E-state index in [4.69, 9.17) is 0 Å². The van der Waals surface area contributed by atoms with Crippen LogP contribution >= 0.6 is 11.3 Å². The Morgan fingerprint density at radius 1 is 1.30 bits per heavy atom. The van der Waals surface area contributed by atoms with E-state index in [0.717, 1.165) is 36.7 Å². The Morgan fingerprint density at radius 3 is 2.75 bits per heavy atom. The summed E-state index contributed by atoms with van der Waals surface area (Å²) in [4.78, 5) is 13.7. The van der Waals surface area contributed by atoms with Crippen LogP contribution in [0, 0.1) is 0 Å². The zero-order chi connectivity index (χ0) is 14.5. The molecule has 110 valence electrons. The molecule has 0 fully saturated rings. The van der Waals surface area contributed by atoms with Crippen LogP contribution in [0.5, 0.6) is 0 Å². The van der Waals surface area contributed by atoms with E-state index in [2.05, 4.69) is 53.9 Å². The van der Waals surface area contributed by atoms with E-state index in [1.165, 1.54) is 10.3 Å². The lowest BCUT2D eigenvalue weighted by Crippen LogP contribution is -2.35. The lowest BCUT2D eigenvalue weighted by Gasteiger charge is -2.23. The third-order valence-corrected chi connectivity index (χ3v) is 4.51. The highest BCUT2D eigenvalue weighted by Gasteiger charge is 2.13. The van der Waals surface area contributed by atoms with Gasteiger partial charge in [0, 0.05) is 30.6 Å². The standard InChI is InChI=1S/C15H24N4S/c1-5-12-9-13-14(17-10-18-15(13)20-12)19(6-2)8-7-16-11(3)4/h9-11,16H,5-8H2,1-4H3. The van der Waals surface area contributed by atoms with Gasteiger partial charge >= 0.3 is 0 Å². The first-order chi connectivity index (χ1) is 9.65. The molecule has 0 aliphatic carbocycles. The molecular weight excluding hydrogens is 268 g/mol. The minimum Gasteiger partial charge on any atom is -0.355 e. The molecule has 1 N–H and O–H groups in total. The average Bonchev–Trinajstić information content (AvgIpc) is 2.86. The summed E-state index contributed by atoms with van der Waals surface area (Å²) in [5, 5.41) is 4.66. The number of thiophene rings is 1. The van der Waals surface area contributed by atoms with Crippen LogP contribution < -0.4 is 10.2 Å². The Kier molecular flexibility index (Phi) is 5.31. The maximum atomic E-state index is 4.52. The second kappa shape index (κ2) is 6.99. The molecule has 2 aromatic heterocycles. The van der Waals surface area contributed by atoms with Gasteiger partial charge in [0.1, 0.15) is 17.0 Å². The molecular formula is C15H24N4S. The molecule has 0 aliphatic heterocycles. The van der Waals surface area contributed by atoms with Crippen LogP contribution in [0.15, 0.2) is 12.4 Å². The summed E-state index contributed by atoms with van der Waals surface area (Å²) in [7, 11) is 0. The molecule has 2 rings (SSSR count). The predicted octanol–water partition coefficient (Wildman–Crippen LogP) is 3.08. The minimum atomic E-state index is 0.520. The zero-order valence-corrected chi connectivity index (χ0v) is 13.6. The van der Waals surface area contributed by atoms with Crippen molar-refractivity contribution in [3.63, 3.8) is 0 Å². The summed E-state index contributed by atoms with van der Waals surface area (Å²) in [6.45, 7) is 11.6. The van der Waals surface area contributed by atoms with Gasteiger partial charge in [0.2, 0.25) is 0 Å². The Morgan fingerprint density at radius 2 is 2.10 bits per heavy atom. The fraction of sp³-hybridized carbons (Fsp3) is 0.600. The molecule has 20 heavy (non-hydrogen) atoms. The second-order valence-corrected chi connectivity index (χ2v) is 6.29. The Hall–Kier alpha value is -1.20. The van der Waals surface area contributed by atoms with Crippen molar-refractivity contribution in [1.82, 2.24) is 15.3 Å². The lowest BCUT2D eigenvalue weighted by molar-refractivity contribution is 0.582. The molecule has 0 aliphatic rings. The molecule has 0 saturated carbocycles. The number of hydrogen-bond acceptors (Lipinski definition) is 5. The van der Waals surface area contributed by atoms with E-state index < -0.39 is 0 Å². The van der Waals surface area contributed by atoms with Crippen molar-refractivity contribution in [1.29, 1.82) is 0 Å². The summed E-state index contributed by atoms with van der Waals surface area (Å²) in [6.07, 6.45) is 2.74. The number of rotatable bonds is 7. The summed E-state index contributed by atoms with van der Waals surface area (Å²) >= 11 is 1.77. The van der Waals surface area contributed by atoms with E-state index in [1.54, 1.807) is 17.7 Å². The molecule has 0 aromatic carbocycles. The van der Waals surface area contributed by atoms with Gasteiger partial charge in [0.05, 0.1) is 5.39 Å². The molecule has 0 atom stereocenters. The molecule has 2 aromatic rings. The van der Waals surface area contributed by atoms with Crippen LogP contribution in [0.25, 0.3) is 10.2 Å². The second-order valence-electron chi connectivity index (χ2n) is 5.17. The molecule has 0 radical (unpaired) electrons. The van der Waals surface area contributed by atoms with Crippen molar-refractivity contribution in [2.24, 2.45) is 0 Å². The Labute approximate surface area is 125 Å². The lowest BCUT2D eigenvalue weighted by atomic mass is 10.3. The zero-order valence-electron chi connectivity index (χ0n) is 12.8. The number of fused-ring (bicyclic) bond motifs is 1. The number of aromatic nitrogens is 2. The summed E-state index contributed by atoms with van der Waals surface area (Å²) in [6, 6.07) is 2.76. The van der Waals surface area contributed by atoms with Crippen molar-refractivity contribution in [3.8, 4) is 0 Å². The third kappa shape index (κ3) is 3.46. The first kappa shape index (κ1) is 15.2. The SMILES string of the molecule is CCc1cc2c(N(CC)CCNC(C)C)ncnc2s1. The maximum absolute atomic E-state index is 4.52. The number of hydrogen-bond donors (Lipinski definition) is 1. The molecule has 0 unspecified atom stereocenters. The molecule has 0 saturated heterocycles. The van der Waals surface area contributed by atoms with Gasteiger partial charge in [-0.1, -0.05) is 20.8 Å². The van der Waals surface area contributed by atoms with Crippen LogP contribution in [-0.4, -0.2) is 35.6 Å². The number of aryl methyl sites for hydroxylation is 1. The summed E-state index contributed by atoms with van der Waals surface area (Å²) in [5.41, 5.74) is 0. The number of nitrogens with zero attached hydrogens (tertiary/aromatic N) is 3. The van der Waals surface area contributed by atoms with Crippen molar-refractivity contribution in [2.45, 2.75) is 40.2 Å². The quantitative estimate of drug-likeness (QED) is 0.851. The van der Waals surface area contributed by atoms with Crippen LogP contribution in [-0.2, 0) is 6.42 Å². The predicted molar refractivity (Wildman–Crippen MR) is 87.8 cm³/mol. The Balaban J connectivity index is 2.22. The Bertz CT molecular complexity index is 550. The van der Waals surface area contributed by atoms with E-state index in [-0.39, 0.29) is 0 Å². The summed E-state index contributed by atoms with van der Waals surface area (Å²) in [5.74, 6) is 1.07. The smallest absolute Gasteiger partial charge is 0.140 e.